The molecule has 1 aliphatic rings. The lowest BCUT2D eigenvalue weighted by Gasteiger charge is -2.33. The van der Waals surface area contributed by atoms with Gasteiger partial charge in [0.25, 0.3) is 0 Å². The maximum Gasteiger partial charge on any atom is 0.0920 e. The van der Waals surface area contributed by atoms with Crippen molar-refractivity contribution < 1.29 is 5.11 Å². The van der Waals surface area contributed by atoms with Crippen LogP contribution in [0.1, 0.15) is 18.4 Å². The van der Waals surface area contributed by atoms with E-state index in [1.54, 1.807) is 6.20 Å². The van der Waals surface area contributed by atoms with E-state index in [0.717, 1.165) is 53.9 Å². The number of nitrogens with zero attached hydrogens (tertiary/aromatic N) is 1. The average molecular weight is 319 g/mol. The lowest BCUT2D eigenvalue weighted by atomic mass is 9.84. The lowest BCUT2D eigenvalue weighted by Crippen LogP contribution is -2.39. The molecule has 0 atom stereocenters. The zero-order valence-electron chi connectivity index (χ0n) is 13.5. The number of hydrogen-bond acceptors (Lipinski definition) is 3. The molecular weight excluding hydrogens is 298 g/mol. The Morgan fingerprint density at radius 1 is 0.875 bits per heavy atom. The highest BCUT2D eigenvalue weighted by atomic mass is 16.3. The van der Waals surface area contributed by atoms with E-state index >= 15 is 0 Å². The van der Waals surface area contributed by atoms with Gasteiger partial charge in [0.2, 0.25) is 0 Å². The van der Waals surface area contributed by atoms with Crippen molar-refractivity contribution >= 4 is 0 Å². The van der Waals surface area contributed by atoms with Crippen molar-refractivity contribution in [1.82, 2.24) is 15.5 Å². The molecule has 1 aromatic heterocycles. The molecule has 0 saturated carbocycles. The van der Waals surface area contributed by atoms with Gasteiger partial charge < -0.3 is 10.4 Å². The molecule has 4 rings (SSSR count). The van der Waals surface area contributed by atoms with Crippen LogP contribution in [0, 0.1) is 0 Å². The molecule has 24 heavy (non-hydrogen) atoms. The number of aromatic amines is 1. The number of aliphatic hydroxyl groups is 1. The molecule has 122 valence electrons. The number of hydrogen-bond donors (Lipinski definition) is 3. The first-order valence-electron chi connectivity index (χ1n) is 8.38. The summed E-state index contributed by atoms with van der Waals surface area (Å²) in [6.07, 6.45) is 3.29. The summed E-state index contributed by atoms with van der Waals surface area (Å²) < 4.78 is 0. The molecule has 1 saturated heterocycles. The molecule has 0 radical (unpaired) electrons. The highest BCUT2D eigenvalue weighted by molar-refractivity contribution is 5.71. The third-order valence-corrected chi connectivity index (χ3v) is 4.86. The lowest BCUT2D eigenvalue weighted by molar-refractivity contribution is 0.00595. The van der Waals surface area contributed by atoms with Crippen molar-refractivity contribution in [3.05, 3.63) is 66.4 Å². The van der Waals surface area contributed by atoms with Gasteiger partial charge in [-0.2, -0.15) is 5.10 Å². The van der Waals surface area contributed by atoms with Gasteiger partial charge in [-0.25, -0.2) is 0 Å². The van der Waals surface area contributed by atoms with Crippen molar-refractivity contribution in [2.75, 3.05) is 13.1 Å². The summed E-state index contributed by atoms with van der Waals surface area (Å²) in [6.45, 7) is 1.73. The smallest absolute Gasteiger partial charge is 0.0920 e. The summed E-state index contributed by atoms with van der Waals surface area (Å²) in [5, 5.41) is 21.1. The summed E-state index contributed by atoms with van der Waals surface area (Å²) in [5.41, 5.74) is 4.76. The fourth-order valence-corrected chi connectivity index (χ4v) is 3.38. The minimum Gasteiger partial charge on any atom is -0.385 e. The molecule has 2 heterocycles. The van der Waals surface area contributed by atoms with Gasteiger partial charge in [-0.1, -0.05) is 42.5 Å². The van der Waals surface area contributed by atoms with Gasteiger partial charge in [-0.3, -0.25) is 5.10 Å². The Labute approximate surface area is 141 Å². The first-order valence-corrected chi connectivity index (χ1v) is 8.38. The molecule has 4 heteroatoms. The summed E-state index contributed by atoms with van der Waals surface area (Å²) in [4.78, 5) is 0. The van der Waals surface area contributed by atoms with E-state index in [-0.39, 0.29) is 0 Å². The molecular formula is C20H21N3O. The van der Waals surface area contributed by atoms with Crippen LogP contribution in [0.5, 0.6) is 0 Å². The summed E-state index contributed by atoms with van der Waals surface area (Å²) >= 11 is 0. The van der Waals surface area contributed by atoms with Gasteiger partial charge in [-0.05, 0) is 54.8 Å². The van der Waals surface area contributed by atoms with Crippen LogP contribution in [0.15, 0.2) is 60.8 Å². The number of aromatic nitrogens is 2. The second-order valence-electron chi connectivity index (χ2n) is 6.41. The van der Waals surface area contributed by atoms with Crippen LogP contribution in [-0.2, 0) is 5.60 Å². The highest BCUT2D eigenvalue weighted by Crippen LogP contribution is 2.32. The van der Waals surface area contributed by atoms with E-state index in [1.165, 1.54) is 0 Å². The predicted molar refractivity (Wildman–Crippen MR) is 95.5 cm³/mol. The Balaban J connectivity index is 1.62. The SMILES string of the molecule is OC1(c2ccc(-c3cccc(-c4ccn[nH]4)c3)cc2)CCNCC1. The van der Waals surface area contributed by atoms with Gasteiger partial charge in [0.05, 0.1) is 11.3 Å². The van der Waals surface area contributed by atoms with Crippen LogP contribution in [0.3, 0.4) is 0 Å². The van der Waals surface area contributed by atoms with Crippen molar-refractivity contribution in [1.29, 1.82) is 0 Å². The normalized spacial score (nSPS) is 16.9. The molecule has 2 aromatic carbocycles. The van der Waals surface area contributed by atoms with E-state index in [1.807, 2.05) is 6.07 Å². The Hall–Kier alpha value is -2.43. The minimum absolute atomic E-state index is 0.693. The van der Waals surface area contributed by atoms with E-state index in [2.05, 4.69) is 64.0 Å². The molecule has 0 unspecified atom stereocenters. The molecule has 0 amide bonds. The van der Waals surface area contributed by atoms with E-state index < -0.39 is 5.60 Å². The molecule has 0 spiro atoms. The summed E-state index contributed by atoms with van der Waals surface area (Å²) in [7, 11) is 0. The largest absolute Gasteiger partial charge is 0.385 e. The van der Waals surface area contributed by atoms with Crippen molar-refractivity contribution in [3.8, 4) is 22.4 Å². The number of nitrogens with one attached hydrogen (secondary N) is 2. The molecule has 0 aliphatic carbocycles. The second-order valence-corrected chi connectivity index (χ2v) is 6.41. The zero-order chi connectivity index (χ0) is 16.4. The first kappa shape index (κ1) is 15.1. The Kier molecular flexibility index (Phi) is 3.92. The van der Waals surface area contributed by atoms with Gasteiger partial charge in [0.1, 0.15) is 0 Å². The van der Waals surface area contributed by atoms with Crippen molar-refractivity contribution in [3.63, 3.8) is 0 Å². The summed E-state index contributed by atoms with van der Waals surface area (Å²) in [5.74, 6) is 0. The van der Waals surface area contributed by atoms with Gasteiger partial charge in [0, 0.05) is 11.8 Å². The third-order valence-electron chi connectivity index (χ3n) is 4.86. The fraction of sp³-hybridized carbons (Fsp3) is 0.250. The van der Waals surface area contributed by atoms with Gasteiger partial charge in [-0.15, -0.1) is 0 Å². The molecule has 1 aliphatic heterocycles. The van der Waals surface area contributed by atoms with Crippen LogP contribution in [0.25, 0.3) is 22.4 Å². The van der Waals surface area contributed by atoms with Crippen molar-refractivity contribution in [2.24, 2.45) is 0 Å². The third kappa shape index (κ3) is 2.86. The number of benzene rings is 2. The van der Waals surface area contributed by atoms with Crippen LogP contribution in [-0.4, -0.2) is 28.4 Å². The topological polar surface area (TPSA) is 60.9 Å². The average Bonchev–Trinajstić information content (AvgIpc) is 3.17. The molecule has 4 nitrogen and oxygen atoms in total. The highest BCUT2D eigenvalue weighted by Gasteiger charge is 2.30. The zero-order valence-corrected chi connectivity index (χ0v) is 13.5. The monoisotopic (exact) mass is 319 g/mol. The van der Waals surface area contributed by atoms with Crippen LogP contribution in [0.4, 0.5) is 0 Å². The number of H-pyrrole nitrogens is 1. The second kappa shape index (κ2) is 6.23. The number of rotatable bonds is 3. The maximum atomic E-state index is 10.8. The van der Waals surface area contributed by atoms with E-state index in [0.29, 0.717) is 0 Å². The molecule has 3 N–H and O–H groups in total. The van der Waals surface area contributed by atoms with Crippen LogP contribution >= 0.6 is 0 Å². The molecule has 3 aromatic rings. The maximum absolute atomic E-state index is 10.8. The van der Waals surface area contributed by atoms with E-state index in [9.17, 15) is 5.11 Å². The Bertz CT molecular complexity index is 803. The van der Waals surface area contributed by atoms with Gasteiger partial charge >= 0.3 is 0 Å². The predicted octanol–water partition coefficient (Wildman–Crippen LogP) is 3.31. The number of piperidine rings is 1. The Morgan fingerprint density at radius 3 is 2.33 bits per heavy atom. The molecule has 1 fully saturated rings. The minimum atomic E-state index is -0.693. The van der Waals surface area contributed by atoms with Crippen LogP contribution < -0.4 is 5.32 Å². The van der Waals surface area contributed by atoms with Crippen molar-refractivity contribution in [2.45, 2.75) is 18.4 Å². The molecule has 0 bridgehead atoms. The van der Waals surface area contributed by atoms with Crippen LogP contribution in [0.2, 0.25) is 0 Å². The summed E-state index contributed by atoms with van der Waals surface area (Å²) in [6, 6.07) is 18.7. The van der Waals surface area contributed by atoms with E-state index in [4.69, 9.17) is 0 Å². The fourth-order valence-electron chi connectivity index (χ4n) is 3.38. The Morgan fingerprint density at radius 2 is 1.62 bits per heavy atom. The standard InChI is InChI=1S/C20H21N3O/c24-20(9-12-21-13-10-20)18-6-4-15(5-7-18)16-2-1-3-17(14-16)19-8-11-22-23-19/h1-8,11,14,21,24H,9-10,12-13H2,(H,22,23). The first-order chi connectivity index (χ1) is 11.7. The quantitative estimate of drug-likeness (QED) is 0.694. The van der Waals surface area contributed by atoms with Gasteiger partial charge in [0.15, 0.2) is 0 Å².